The van der Waals surface area contributed by atoms with E-state index in [0.29, 0.717) is 41.5 Å². The molecule has 1 spiro atoms. The lowest BCUT2D eigenvalue weighted by atomic mass is 9.52. The highest BCUT2D eigenvalue weighted by Gasteiger charge is 2.54. The number of aliphatic hydroxyl groups excluding tert-OH is 1. The van der Waals surface area contributed by atoms with Gasteiger partial charge in [-0.3, -0.25) is 9.59 Å². The minimum absolute atomic E-state index is 0.0443. The van der Waals surface area contributed by atoms with Crippen LogP contribution in [0.25, 0.3) is 0 Å². The Labute approximate surface area is 253 Å². The van der Waals surface area contributed by atoms with Crippen molar-refractivity contribution < 1.29 is 19.4 Å². The number of aromatic nitrogens is 2. The third-order valence-electron chi connectivity index (χ3n) is 10.2. The van der Waals surface area contributed by atoms with Gasteiger partial charge in [-0.1, -0.05) is 19.8 Å². The van der Waals surface area contributed by atoms with Gasteiger partial charge in [-0.25, -0.2) is 4.98 Å². The van der Waals surface area contributed by atoms with E-state index in [1.54, 1.807) is 37.4 Å². The molecule has 1 aromatic carbocycles. The normalized spacial score (nSPS) is 22.7. The minimum Gasteiger partial charge on any atom is -0.495 e. The van der Waals surface area contributed by atoms with E-state index in [1.165, 1.54) is 0 Å². The van der Waals surface area contributed by atoms with Gasteiger partial charge in [0.15, 0.2) is 5.82 Å². The van der Waals surface area contributed by atoms with Crippen molar-refractivity contribution >= 4 is 35.0 Å². The molecule has 4 N–H and O–H groups in total. The molecule has 0 bridgehead atoms. The van der Waals surface area contributed by atoms with Gasteiger partial charge in [0.05, 0.1) is 19.0 Å². The van der Waals surface area contributed by atoms with Crippen LogP contribution in [0.1, 0.15) is 81.5 Å². The number of fused-ring (bicyclic) bond motifs is 1. The van der Waals surface area contributed by atoms with Crippen molar-refractivity contribution in [1.29, 1.82) is 0 Å². The average molecular weight is 592 g/mol. The number of rotatable bonds is 9. The fraction of sp³-hybridized carbons (Fsp3) is 0.625. The van der Waals surface area contributed by atoms with Crippen molar-refractivity contribution in [3.63, 3.8) is 0 Å². The molecule has 232 valence electrons. The van der Waals surface area contributed by atoms with Gasteiger partial charge in [-0.05, 0) is 88.1 Å². The van der Waals surface area contributed by atoms with Crippen LogP contribution >= 0.6 is 0 Å². The Morgan fingerprint density at radius 2 is 1.95 bits per heavy atom. The number of anilines is 4. The summed E-state index contributed by atoms with van der Waals surface area (Å²) >= 11 is 0. The SMILES string of the molecule is CC[C@@H]1C(=O)N(C)c2cnc(Nc3ccc(C(=O)NC4(CCO)CC5(CCNCC5)C4)cc3OC)nc2N1C1CCCC1. The predicted octanol–water partition coefficient (Wildman–Crippen LogP) is 3.75. The zero-order valence-corrected chi connectivity index (χ0v) is 25.6. The second kappa shape index (κ2) is 11.9. The molecule has 6 rings (SSSR count). The van der Waals surface area contributed by atoms with Crippen molar-refractivity contribution in [2.75, 3.05) is 49.0 Å². The summed E-state index contributed by atoms with van der Waals surface area (Å²) in [6.07, 6.45) is 11.4. The monoisotopic (exact) mass is 591 g/mol. The van der Waals surface area contributed by atoms with Crippen LogP contribution in [-0.2, 0) is 4.79 Å². The first kappa shape index (κ1) is 29.6. The van der Waals surface area contributed by atoms with E-state index in [1.807, 2.05) is 13.0 Å². The molecule has 43 heavy (non-hydrogen) atoms. The number of carbonyl (C=O) groups is 2. The number of hydrogen-bond donors (Lipinski definition) is 4. The van der Waals surface area contributed by atoms with Crippen LogP contribution in [0, 0.1) is 5.41 Å². The van der Waals surface area contributed by atoms with Crippen LogP contribution in [-0.4, -0.2) is 78.4 Å². The number of ether oxygens (including phenoxy) is 1. The second-order valence-electron chi connectivity index (χ2n) is 12.9. The standard InChI is InChI=1S/C32H45N7O4/c1-4-24-29(42)38(2)25-18-34-30(36-27(25)39(24)22-7-5-6-8-22)35-23-10-9-21(17-26(23)43-3)28(41)37-32(13-16-40)19-31(20-32)11-14-33-15-12-31/h9-10,17-18,22,24,33,40H,4-8,11-16,19-20H2,1-3H3,(H,37,41)(H,34,35,36)/t24-/m1/s1. The molecule has 2 saturated carbocycles. The Morgan fingerprint density at radius 1 is 1.21 bits per heavy atom. The van der Waals surface area contributed by atoms with E-state index in [2.05, 4.69) is 25.8 Å². The van der Waals surface area contributed by atoms with Gasteiger partial charge >= 0.3 is 0 Å². The Morgan fingerprint density at radius 3 is 2.63 bits per heavy atom. The van der Waals surface area contributed by atoms with Crippen LogP contribution in [0.2, 0.25) is 0 Å². The van der Waals surface area contributed by atoms with E-state index in [0.717, 1.165) is 70.3 Å². The van der Waals surface area contributed by atoms with Gasteiger partial charge in [0.25, 0.3) is 5.91 Å². The maximum Gasteiger partial charge on any atom is 0.251 e. The molecular formula is C32H45N7O4. The highest BCUT2D eigenvalue weighted by Crippen LogP contribution is 2.55. The van der Waals surface area contributed by atoms with Crippen LogP contribution in [0.15, 0.2) is 24.4 Å². The highest BCUT2D eigenvalue weighted by molar-refractivity contribution is 6.04. The molecule has 2 amide bonds. The number of likely N-dealkylation sites (N-methyl/N-ethyl adjacent to an activating group) is 1. The highest BCUT2D eigenvalue weighted by atomic mass is 16.5. The Kier molecular flexibility index (Phi) is 8.21. The molecule has 3 fully saturated rings. The number of carbonyl (C=O) groups excluding carboxylic acids is 2. The van der Waals surface area contributed by atoms with Gasteiger partial charge in [-0.2, -0.15) is 4.98 Å². The third kappa shape index (κ3) is 5.53. The zero-order valence-electron chi connectivity index (χ0n) is 25.6. The third-order valence-corrected chi connectivity index (χ3v) is 10.2. The van der Waals surface area contributed by atoms with Crippen LogP contribution in [0.3, 0.4) is 0 Å². The first-order chi connectivity index (χ1) is 20.8. The summed E-state index contributed by atoms with van der Waals surface area (Å²) in [4.78, 5) is 40.0. The van der Waals surface area contributed by atoms with Crippen molar-refractivity contribution in [2.45, 2.75) is 88.8 Å². The molecule has 2 aliphatic carbocycles. The van der Waals surface area contributed by atoms with E-state index in [-0.39, 0.29) is 41.5 Å². The zero-order chi connectivity index (χ0) is 30.2. The van der Waals surface area contributed by atoms with Crippen molar-refractivity contribution in [3.8, 4) is 5.75 Å². The van der Waals surface area contributed by atoms with Gasteiger partial charge < -0.3 is 35.6 Å². The molecule has 0 unspecified atom stereocenters. The quantitative estimate of drug-likeness (QED) is 0.344. The Hall–Kier alpha value is -3.44. The van der Waals surface area contributed by atoms with Gasteiger partial charge in [0, 0.05) is 30.8 Å². The van der Waals surface area contributed by atoms with Gasteiger partial charge in [0.2, 0.25) is 11.9 Å². The van der Waals surface area contributed by atoms with E-state index < -0.39 is 0 Å². The lowest BCUT2D eigenvalue weighted by Crippen LogP contribution is -2.64. The predicted molar refractivity (Wildman–Crippen MR) is 166 cm³/mol. The van der Waals surface area contributed by atoms with Crippen molar-refractivity contribution in [2.24, 2.45) is 5.41 Å². The number of nitrogens with one attached hydrogen (secondary N) is 3. The van der Waals surface area contributed by atoms with Gasteiger partial charge in [0.1, 0.15) is 17.5 Å². The molecule has 11 heteroatoms. The van der Waals surface area contributed by atoms with E-state index in [4.69, 9.17) is 9.72 Å². The Balaban J connectivity index is 1.21. The average Bonchev–Trinajstić information content (AvgIpc) is 3.53. The summed E-state index contributed by atoms with van der Waals surface area (Å²) in [6.45, 7) is 4.11. The van der Waals surface area contributed by atoms with E-state index in [9.17, 15) is 14.7 Å². The number of nitrogens with zero attached hydrogens (tertiary/aromatic N) is 4. The lowest BCUT2D eigenvalue weighted by molar-refractivity contribution is -0.120. The first-order valence-electron chi connectivity index (χ1n) is 15.8. The summed E-state index contributed by atoms with van der Waals surface area (Å²) in [6, 6.07) is 5.35. The summed E-state index contributed by atoms with van der Waals surface area (Å²) < 4.78 is 5.69. The number of aliphatic hydroxyl groups is 1. The molecule has 0 radical (unpaired) electrons. The molecule has 1 atom stereocenters. The fourth-order valence-electron chi connectivity index (χ4n) is 8.05. The number of hydrogen-bond acceptors (Lipinski definition) is 9. The fourth-order valence-corrected chi connectivity index (χ4v) is 8.05. The molecule has 2 aromatic rings. The largest absolute Gasteiger partial charge is 0.495 e. The van der Waals surface area contributed by atoms with Crippen LogP contribution < -0.4 is 30.5 Å². The Bertz CT molecular complexity index is 1350. The minimum atomic E-state index is -0.375. The number of piperidine rings is 1. The second-order valence-corrected chi connectivity index (χ2v) is 12.9. The smallest absolute Gasteiger partial charge is 0.251 e. The summed E-state index contributed by atoms with van der Waals surface area (Å²) in [5.41, 5.74) is 1.74. The molecule has 1 aromatic heterocycles. The maximum atomic E-state index is 13.4. The van der Waals surface area contributed by atoms with Crippen LogP contribution in [0.4, 0.5) is 23.1 Å². The summed E-state index contributed by atoms with van der Waals surface area (Å²) in [7, 11) is 3.36. The molecule has 4 aliphatic rings. The number of amides is 2. The van der Waals surface area contributed by atoms with Crippen molar-refractivity contribution in [1.82, 2.24) is 20.6 Å². The first-order valence-corrected chi connectivity index (χ1v) is 15.8. The lowest BCUT2D eigenvalue weighted by Gasteiger charge is -2.58. The number of benzene rings is 1. The summed E-state index contributed by atoms with van der Waals surface area (Å²) in [5, 5.41) is 19.8. The molecular weight excluding hydrogens is 546 g/mol. The molecule has 3 heterocycles. The van der Waals surface area contributed by atoms with Crippen LogP contribution in [0.5, 0.6) is 5.75 Å². The topological polar surface area (TPSA) is 132 Å². The number of methoxy groups -OCH3 is 1. The van der Waals surface area contributed by atoms with E-state index >= 15 is 0 Å². The van der Waals surface area contributed by atoms with Crippen molar-refractivity contribution in [3.05, 3.63) is 30.0 Å². The molecule has 11 nitrogen and oxygen atoms in total. The maximum absolute atomic E-state index is 13.4. The molecule has 1 saturated heterocycles. The van der Waals surface area contributed by atoms with Gasteiger partial charge in [-0.15, -0.1) is 0 Å². The summed E-state index contributed by atoms with van der Waals surface area (Å²) in [5.74, 6) is 1.58. The molecule has 2 aliphatic heterocycles.